The molecule has 0 atom stereocenters. The second-order valence-electron chi connectivity index (χ2n) is 3.99. The minimum absolute atomic E-state index is 0.0356. The first kappa shape index (κ1) is 10.9. The van der Waals surface area contributed by atoms with Gasteiger partial charge in [0.25, 0.3) is 0 Å². The lowest BCUT2D eigenvalue weighted by Crippen LogP contribution is -2.22. The van der Waals surface area contributed by atoms with Crippen LogP contribution in [0.25, 0.3) is 0 Å². The number of aliphatic imine (C=N–C) groups is 1. The number of nitrogens with two attached hydrogens (primary N) is 2. The first-order chi connectivity index (χ1) is 6.39. The van der Waals surface area contributed by atoms with Crippen LogP contribution >= 0.6 is 11.3 Å². The molecule has 14 heavy (non-hydrogen) atoms. The minimum atomic E-state index is 0.0356. The lowest BCUT2D eigenvalue weighted by molar-refractivity contribution is 0.577. The fourth-order valence-electron chi connectivity index (χ4n) is 0.780. The van der Waals surface area contributed by atoms with Crippen LogP contribution in [0.5, 0.6) is 0 Å². The molecule has 1 heterocycles. The quantitative estimate of drug-likeness (QED) is 0.556. The van der Waals surface area contributed by atoms with E-state index in [4.69, 9.17) is 11.5 Å². The SMILES string of the molecule is CC(C)(C)c1nnc(CN=C(N)N)s1. The molecule has 1 aromatic heterocycles. The second-order valence-corrected chi connectivity index (χ2v) is 5.05. The van der Waals surface area contributed by atoms with Gasteiger partial charge in [-0.05, 0) is 0 Å². The summed E-state index contributed by atoms with van der Waals surface area (Å²) in [5.41, 5.74) is 10.5. The Morgan fingerprint density at radius 2 is 2.00 bits per heavy atom. The zero-order valence-electron chi connectivity index (χ0n) is 8.61. The topological polar surface area (TPSA) is 90.2 Å². The van der Waals surface area contributed by atoms with Crippen molar-refractivity contribution in [3.63, 3.8) is 0 Å². The van der Waals surface area contributed by atoms with Gasteiger partial charge in [0.05, 0.1) is 6.54 Å². The van der Waals surface area contributed by atoms with Crippen molar-refractivity contribution in [2.75, 3.05) is 0 Å². The highest BCUT2D eigenvalue weighted by Crippen LogP contribution is 2.25. The maximum atomic E-state index is 5.22. The molecule has 0 radical (unpaired) electrons. The largest absolute Gasteiger partial charge is 0.370 e. The van der Waals surface area contributed by atoms with Gasteiger partial charge in [0, 0.05) is 5.41 Å². The van der Waals surface area contributed by atoms with Crippen molar-refractivity contribution in [1.82, 2.24) is 10.2 Å². The molecule has 5 nitrogen and oxygen atoms in total. The summed E-state index contributed by atoms with van der Waals surface area (Å²) in [5, 5.41) is 9.92. The fourth-order valence-corrected chi connectivity index (χ4v) is 1.60. The van der Waals surface area contributed by atoms with E-state index in [0.717, 1.165) is 10.0 Å². The predicted octanol–water partition coefficient (Wildman–Crippen LogP) is 0.609. The van der Waals surface area contributed by atoms with Crippen LogP contribution < -0.4 is 11.5 Å². The third-order valence-electron chi connectivity index (χ3n) is 1.51. The minimum Gasteiger partial charge on any atom is -0.370 e. The van der Waals surface area contributed by atoms with Crippen LogP contribution in [-0.2, 0) is 12.0 Å². The zero-order valence-corrected chi connectivity index (χ0v) is 9.43. The highest BCUT2D eigenvalue weighted by molar-refractivity contribution is 7.11. The summed E-state index contributed by atoms with van der Waals surface area (Å²) in [6.07, 6.45) is 0. The number of guanidine groups is 1. The van der Waals surface area contributed by atoms with Crippen molar-refractivity contribution in [2.24, 2.45) is 16.5 Å². The molecule has 0 saturated carbocycles. The molecule has 0 aliphatic heterocycles. The van der Waals surface area contributed by atoms with Gasteiger partial charge in [-0.3, -0.25) is 0 Å². The summed E-state index contributed by atoms with van der Waals surface area (Å²) >= 11 is 1.54. The second kappa shape index (κ2) is 3.91. The Labute approximate surface area is 87.2 Å². The van der Waals surface area contributed by atoms with E-state index in [0.29, 0.717) is 6.54 Å². The average Bonchev–Trinajstić information content (AvgIpc) is 2.47. The van der Waals surface area contributed by atoms with Crippen LogP contribution in [0.4, 0.5) is 0 Å². The summed E-state index contributed by atoms with van der Waals surface area (Å²) in [6, 6.07) is 0. The summed E-state index contributed by atoms with van der Waals surface area (Å²) in [6.45, 7) is 6.70. The van der Waals surface area contributed by atoms with Crippen molar-refractivity contribution < 1.29 is 0 Å². The molecule has 4 N–H and O–H groups in total. The zero-order chi connectivity index (χ0) is 10.8. The van der Waals surface area contributed by atoms with Gasteiger partial charge in [0.15, 0.2) is 5.96 Å². The summed E-state index contributed by atoms with van der Waals surface area (Å²) in [4.78, 5) is 3.87. The Kier molecular flexibility index (Phi) is 3.05. The Bertz CT molecular complexity index is 332. The van der Waals surface area contributed by atoms with Crippen molar-refractivity contribution >= 4 is 17.3 Å². The van der Waals surface area contributed by atoms with E-state index in [1.165, 1.54) is 0 Å². The van der Waals surface area contributed by atoms with Gasteiger partial charge >= 0.3 is 0 Å². The van der Waals surface area contributed by atoms with E-state index < -0.39 is 0 Å². The molecular formula is C8H15N5S. The van der Waals surface area contributed by atoms with Crippen molar-refractivity contribution in [3.05, 3.63) is 10.0 Å². The highest BCUT2D eigenvalue weighted by atomic mass is 32.1. The molecule has 0 saturated heterocycles. The van der Waals surface area contributed by atoms with Gasteiger partial charge in [0.1, 0.15) is 10.0 Å². The normalized spacial score (nSPS) is 11.4. The van der Waals surface area contributed by atoms with Crippen LogP contribution in [0.3, 0.4) is 0 Å². The lowest BCUT2D eigenvalue weighted by Gasteiger charge is -2.12. The van der Waals surface area contributed by atoms with Gasteiger partial charge in [-0.2, -0.15) is 0 Å². The van der Waals surface area contributed by atoms with Gasteiger partial charge in [-0.15, -0.1) is 10.2 Å². The molecule has 78 valence electrons. The molecule has 0 unspecified atom stereocenters. The number of nitrogens with zero attached hydrogens (tertiary/aromatic N) is 3. The summed E-state index contributed by atoms with van der Waals surface area (Å²) < 4.78 is 0. The molecule has 0 amide bonds. The van der Waals surface area contributed by atoms with E-state index in [-0.39, 0.29) is 11.4 Å². The molecule has 1 aromatic rings. The van der Waals surface area contributed by atoms with Gasteiger partial charge in [0.2, 0.25) is 0 Å². The third-order valence-corrected chi connectivity index (χ3v) is 2.84. The van der Waals surface area contributed by atoms with E-state index in [1.807, 2.05) is 0 Å². The van der Waals surface area contributed by atoms with E-state index in [9.17, 15) is 0 Å². The lowest BCUT2D eigenvalue weighted by atomic mass is 9.98. The number of hydrogen-bond donors (Lipinski definition) is 2. The standard InChI is InChI=1S/C8H15N5S/c1-8(2,3)6-13-12-5(14-6)4-11-7(9)10/h4H2,1-3H3,(H4,9,10,11). The highest BCUT2D eigenvalue weighted by Gasteiger charge is 2.18. The van der Waals surface area contributed by atoms with E-state index in [1.54, 1.807) is 11.3 Å². The Morgan fingerprint density at radius 3 is 2.43 bits per heavy atom. The van der Waals surface area contributed by atoms with E-state index in [2.05, 4.69) is 36.0 Å². The fraction of sp³-hybridized carbons (Fsp3) is 0.625. The molecule has 6 heteroatoms. The van der Waals surface area contributed by atoms with Crippen LogP contribution in [0.2, 0.25) is 0 Å². The molecule has 0 fully saturated rings. The summed E-state index contributed by atoms with van der Waals surface area (Å²) in [5.74, 6) is 0.0810. The molecule has 1 rings (SSSR count). The average molecular weight is 213 g/mol. The maximum Gasteiger partial charge on any atom is 0.186 e. The Balaban J connectivity index is 2.74. The Hall–Kier alpha value is -1.17. The third kappa shape index (κ3) is 2.95. The van der Waals surface area contributed by atoms with E-state index >= 15 is 0 Å². The summed E-state index contributed by atoms with van der Waals surface area (Å²) in [7, 11) is 0. The molecule has 0 spiro atoms. The molecule has 0 aliphatic carbocycles. The van der Waals surface area contributed by atoms with Gasteiger partial charge in [-0.1, -0.05) is 32.1 Å². The van der Waals surface area contributed by atoms with Crippen molar-refractivity contribution in [1.29, 1.82) is 0 Å². The maximum absolute atomic E-state index is 5.22. The van der Waals surface area contributed by atoms with Crippen molar-refractivity contribution in [3.8, 4) is 0 Å². The first-order valence-electron chi connectivity index (χ1n) is 4.28. The van der Waals surface area contributed by atoms with Crippen LogP contribution in [-0.4, -0.2) is 16.2 Å². The van der Waals surface area contributed by atoms with Gasteiger partial charge < -0.3 is 11.5 Å². The van der Waals surface area contributed by atoms with Gasteiger partial charge in [-0.25, -0.2) is 4.99 Å². The smallest absolute Gasteiger partial charge is 0.186 e. The number of hydrogen-bond acceptors (Lipinski definition) is 4. The number of aromatic nitrogens is 2. The van der Waals surface area contributed by atoms with Crippen LogP contribution in [0, 0.1) is 0 Å². The Morgan fingerprint density at radius 1 is 1.36 bits per heavy atom. The number of rotatable bonds is 2. The van der Waals surface area contributed by atoms with Crippen molar-refractivity contribution in [2.45, 2.75) is 32.7 Å². The van der Waals surface area contributed by atoms with Crippen LogP contribution in [0.1, 0.15) is 30.8 Å². The first-order valence-corrected chi connectivity index (χ1v) is 5.09. The molecule has 0 aromatic carbocycles. The molecule has 0 aliphatic rings. The molecular weight excluding hydrogens is 198 g/mol. The monoisotopic (exact) mass is 213 g/mol. The predicted molar refractivity (Wildman–Crippen MR) is 58.1 cm³/mol. The molecule has 0 bridgehead atoms. The van der Waals surface area contributed by atoms with Crippen LogP contribution in [0.15, 0.2) is 4.99 Å².